The molecule has 0 amide bonds. The molecule has 0 fully saturated rings. The molecule has 16 aromatic carbocycles. The van der Waals surface area contributed by atoms with Gasteiger partial charge in [0, 0.05) is 68.1 Å². The highest BCUT2D eigenvalue weighted by Gasteiger charge is 2.27. The highest BCUT2D eigenvalue weighted by atomic mass is 32.2. The number of nitrogens with zero attached hydrogens (tertiary/aromatic N) is 6. The second-order valence-corrected chi connectivity index (χ2v) is 34.2. The number of ether oxygens (including phenoxy) is 2. The van der Waals surface area contributed by atoms with E-state index in [0.29, 0.717) is 45.3 Å². The molecule has 4 N–H and O–H groups in total. The maximum absolute atomic E-state index is 13.8. The molecule has 0 saturated heterocycles. The van der Waals surface area contributed by atoms with Crippen molar-refractivity contribution in [1.82, 2.24) is 39.0 Å². The van der Waals surface area contributed by atoms with Gasteiger partial charge in [-0.05, 0) is 272 Å². The Labute approximate surface area is 766 Å². The van der Waals surface area contributed by atoms with Crippen LogP contribution in [-0.2, 0) is 27.7 Å². The van der Waals surface area contributed by atoms with Crippen LogP contribution in [0.3, 0.4) is 0 Å². The summed E-state index contributed by atoms with van der Waals surface area (Å²) in [7, 11) is -1.59. The van der Waals surface area contributed by atoms with E-state index in [1.807, 2.05) is 208 Å². The van der Waals surface area contributed by atoms with Gasteiger partial charge in [0.1, 0.15) is 69.4 Å². The highest BCUT2D eigenvalue weighted by Crippen LogP contribution is 2.39. The molecule has 0 spiro atoms. The summed E-state index contributed by atoms with van der Waals surface area (Å²) in [5.74, 6) is 5.30. The molecule has 0 aliphatic rings. The number of benzene rings is 16. The number of aromatic hydroxyl groups is 2. The number of aromatic amines is 2. The number of fused-ring (bicyclic) bond motifs is 4. The largest absolute Gasteiger partial charge is 0.508 e. The van der Waals surface area contributed by atoms with Crippen molar-refractivity contribution in [2.24, 2.45) is 7.05 Å². The minimum absolute atomic E-state index is 0. The number of nitrogens with one attached hydrogen (secondary N) is 2. The molecular formula is C113H98F2N8O8S. The van der Waals surface area contributed by atoms with Crippen LogP contribution in [0.4, 0.5) is 8.78 Å². The van der Waals surface area contributed by atoms with Gasteiger partial charge in [-0.3, -0.25) is 14.2 Å². The van der Waals surface area contributed by atoms with Crippen molar-refractivity contribution in [3.63, 3.8) is 0 Å². The van der Waals surface area contributed by atoms with Gasteiger partial charge in [0.05, 0.1) is 53.9 Å². The number of phenolic OH excluding ortho intramolecular Hbond substituents is 2. The van der Waals surface area contributed by atoms with E-state index in [4.69, 9.17) is 19.4 Å². The zero-order valence-electron chi connectivity index (χ0n) is 71.1. The molecule has 20 rings (SSSR count). The van der Waals surface area contributed by atoms with Crippen LogP contribution in [-0.4, -0.2) is 69.2 Å². The third kappa shape index (κ3) is 20.2. The molecule has 19 heteroatoms. The SMILES string of the molecule is C.C.C.CC(C)(c1ccc(O)cc1)c1ccc(O)cc1.Cc1ccc(S(=O)(=O)c2ccc(Oc3ccc(C(C)(C)c4ccc(Oc5ccc(C(=O)c6ccc(-n7c(-c8cccc(-c9nc%10ccccc%10n9C)c8)nc8ccccc87)cc6)cc5)cc4)cc3)cc2)cc1.O=C(c1ccc(F)cc1)c1ccc(F)cc1.c1cc(-c2nc3ccccc3[nH]2)cc(-c2nc3ccccc3[nH]2)c1. The molecule has 0 radical (unpaired) electrons. The Hall–Kier alpha value is -16.3. The molecule has 4 aromatic heterocycles. The van der Waals surface area contributed by atoms with Gasteiger partial charge in [-0.15, -0.1) is 0 Å². The van der Waals surface area contributed by atoms with Crippen molar-refractivity contribution in [3.8, 4) is 85.7 Å². The average Bonchev–Trinajstić information content (AvgIpc) is 1.60. The van der Waals surface area contributed by atoms with E-state index in [-0.39, 0.29) is 66.0 Å². The van der Waals surface area contributed by atoms with E-state index < -0.39 is 21.5 Å². The lowest BCUT2D eigenvalue weighted by Crippen LogP contribution is -2.18. The van der Waals surface area contributed by atoms with Crippen LogP contribution in [0.5, 0.6) is 34.5 Å². The highest BCUT2D eigenvalue weighted by molar-refractivity contribution is 7.91. The predicted molar refractivity (Wildman–Crippen MR) is 526 cm³/mol. The number of carbonyl (C=O) groups is 2. The number of sulfone groups is 1. The number of H-pyrrole nitrogens is 2. The molecule has 0 unspecified atom stereocenters. The first-order valence-electron chi connectivity index (χ1n) is 41.8. The molecule has 16 nitrogen and oxygen atoms in total. The van der Waals surface area contributed by atoms with Crippen molar-refractivity contribution in [1.29, 1.82) is 0 Å². The fraction of sp³-hybridized carbons (Fsp3) is 0.0973. The Morgan fingerprint density at radius 1 is 0.348 bits per heavy atom. The quantitative estimate of drug-likeness (QED) is 0.0556. The first-order valence-corrected chi connectivity index (χ1v) is 43.3. The minimum Gasteiger partial charge on any atom is -0.508 e. The topological polar surface area (TPSA) is 220 Å². The normalized spacial score (nSPS) is 11.2. The van der Waals surface area contributed by atoms with Gasteiger partial charge in [-0.1, -0.05) is 201 Å². The number of aromatic nitrogens is 8. The zero-order chi connectivity index (χ0) is 89.5. The zero-order valence-corrected chi connectivity index (χ0v) is 72.0. The maximum atomic E-state index is 13.8. The number of hydrogen-bond acceptors (Lipinski definition) is 12. The summed E-state index contributed by atoms with van der Waals surface area (Å²) in [5, 5.41) is 18.6. The third-order valence-corrected chi connectivity index (χ3v) is 24.7. The Balaban J connectivity index is 0.000000186. The van der Waals surface area contributed by atoms with Gasteiger partial charge in [0.25, 0.3) is 0 Å². The predicted octanol–water partition coefficient (Wildman–Crippen LogP) is 27.8. The smallest absolute Gasteiger partial charge is 0.206 e. The van der Waals surface area contributed by atoms with Crippen LogP contribution >= 0.6 is 0 Å². The summed E-state index contributed by atoms with van der Waals surface area (Å²) in [6.45, 7) is 10.5. The van der Waals surface area contributed by atoms with E-state index >= 15 is 0 Å². The number of halogens is 2. The Morgan fingerprint density at radius 3 is 1.08 bits per heavy atom. The van der Waals surface area contributed by atoms with Crippen molar-refractivity contribution in [2.45, 2.75) is 77.5 Å². The first-order chi connectivity index (χ1) is 62.4. The Bertz CT molecular complexity index is 7300. The van der Waals surface area contributed by atoms with E-state index in [1.54, 1.807) is 84.9 Å². The Kier molecular flexibility index (Phi) is 27.6. The van der Waals surface area contributed by atoms with Crippen LogP contribution < -0.4 is 9.47 Å². The summed E-state index contributed by atoms with van der Waals surface area (Å²) in [6.07, 6.45) is 0. The van der Waals surface area contributed by atoms with Crippen molar-refractivity contribution in [2.75, 3.05) is 0 Å². The van der Waals surface area contributed by atoms with Crippen LogP contribution in [0.1, 0.15) is 110 Å². The lowest BCUT2D eigenvalue weighted by Gasteiger charge is -2.26. The molecule has 132 heavy (non-hydrogen) atoms. The summed E-state index contributed by atoms with van der Waals surface area (Å²) in [5.41, 5.74) is 19.6. The molecule has 20 aromatic rings. The van der Waals surface area contributed by atoms with E-state index in [9.17, 15) is 37.0 Å². The number of carbonyl (C=O) groups excluding carboxylic acids is 2. The van der Waals surface area contributed by atoms with Crippen LogP contribution in [0.15, 0.2) is 398 Å². The van der Waals surface area contributed by atoms with Gasteiger partial charge in [-0.25, -0.2) is 37.1 Å². The van der Waals surface area contributed by atoms with Gasteiger partial charge in [0.2, 0.25) is 9.84 Å². The number of imidazole rings is 4. The number of hydrogen-bond donors (Lipinski definition) is 4. The molecular weight excluding hydrogens is 1670 g/mol. The Morgan fingerprint density at radius 2 is 0.667 bits per heavy atom. The molecule has 0 aliphatic heterocycles. The molecule has 658 valence electrons. The van der Waals surface area contributed by atoms with Gasteiger partial charge in [-0.2, -0.15) is 0 Å². The van der Waals surface area contributed by atoms with Crippen LogP contribution in [0.2, 0.25) is 0 Å². The third-order valence-electron chi connectivity index (χ3n) is 22.9. The number of rotatable bonds is 19. The standard InChI is InChI=1S/C62H48N4O5S.C20H14N4.C15H16O2.C13H8F2O.3CH4/c1-41-16-36-53(37-17-41)72(68,69)54-38-34-52(35-39-54)71-51-32-24-47(25-33-51)62(2,3)46-22-30-50(31-23-46)70-49-28-20-43(21-29-49)59(67)42-18-26-48(27-19-42)66-58-15-8-6-13-56(58)64-61(66)45-11-9-10-44(40-45)60-63-55-12-5-7-14-57(55)65(60)4;1-2-9-16-15(8-1)21-19(22-16)13-6-5-7-14(12-13)20-23-17-10-3-4-11-18(17)24-20;1-15(2,11-3-7-13(16)8-4-11)12-5-9-14(17)10-6-12;14-11-5-1-9(2-6-11)13(16)10-3-7-12(15)8-4-10;;;/h5-40H,1-4H3;1-12H,(H,21,22)(H,23,24);3-10,16-17H,1-2H3;1-8H;3*1H4. The van der Waals surface area contributed by atoms with Crippen molar-refractivity contribution in [3.05, 3.63) is 450 Å². The molecule has 0 atom stereocenters. The summed E-state index contributed by atoms with van der Waals surface area (Å²) >= 11 is 0. The molecule has 0 bridgehead atoms. The van der Waals surface area contributed by atoms with E-state index in [1.165, 1.54) is 48.5 Å². The summed E-state index contributed by atoms with van der Waals surface area (Å²) in [6, 6.07) is 118. The summed E-state index contributed by atoms with van der Waals surface area (Å²) < 4.78 is 68.1. The maximum Gasteiger partial charge on any atom is 0.206 e. The monoisotopic (exact) mass is 1760 g/mol. The number of aryl methyl sites for hydroxylation is 2. The van der Waals surface area contributed by atoms with Crippen LogP contribution in [0.25, 0.3) is 95.4 Å². The second-order valence-electron chi connectivity index (χ2n) is 32.2. The lowest BCUT2D eigenvalue weighted by atomic mass is 9.78. The summed E-state index contributed by atoms with van der Waals surface area (Å²) in [4.78, 5) is 52.3. The van der Waals surface area contributed by atoms with E-state index in [0.717, 1.165) is 123 Å². The molecule has 0 aliphatic carbocycles. The minimum atomic E-state index is -3.63. The van der Waals surface area contributed by atoms with Gasteiger partial charge < -0.3 is 34.2 Å². The fourth-order valence-electron chi connectivity index (χ4n) is 15.4. The van der Waals surface area contributed by atoms with E-state index in [2.05, 4.69) is 117 Å². The number of phenols is 2. The fourth-order valence-corrected chi connectivity index (χ4v) is 16.7. The number of ketones is 2. The second kappa shape index (κ2) is 39.6. The van der Waals surface area contributed by atoms with Gasteiger partial charge >= 0.3 is 0 Å². The lowest BCUT2D eigenvalue weighted by molar-refractivity contribution is 0.103. The van der Waals surface area contributed by atoms with Crippen LogP contribution in [0, 0.1) is 18.6 Å². The van der Waals surface area contributed by atoms with Crippen molar-refractivity contribution >= 4 is 65.5 Å². The average molecular weight is 1770 g/mol. The number of para-hydroxylation sites is 8. The molecule has 0 saturated carbocycles. The molecule has 4 heterocycles. The van der Waals surface area contributed by atoms with Gasteiger partial charge in [0.15, 0.2) is 11.6 Å². The van der Waals surface area contributed by atoms with Crippen molar-refractivity contribution < 1.29 is 46.5 Å². The first kappa shape index (κ1) is 91.9.